The minimum atomic E-state index is -1.14. The molecule has 0 aliphatic carbocycles. The highest BCUT2D eigenvalue weighted by molar-refractivity contribution is 7.80. The maximum Gasteiger partial charge on any atom is 0.321 e. The van der Waals surface area contributed by atoms with Crippen LogP contribution in [0.2, 0.25) is 13.1 Å². The summed E-state index contributed by atoms with van der Waals surface area (Å²) in [4.78, 5) is 18.0. The van der Waals surface area contributed by atoms with E-state index < -0.39 is 21.1 Å². The number of aliphatic carboxylic acids is 1. The molecule has 0 aliphatic heterocycles. The Kier molecular flexibility index (Phi) is 9.92. The van der Waals surface area contributed by atoms with Gasteiger partial charge in [-0.3, -0.25) is 4.79 Å². The lowest BCUT2D eigenvalue weighted by atomic mass is 10.4. The molecule has 0 aliphatic rings. The van der Waals surface area contributed by atoms with E-state index in [1.165, 1.54) is 0 Å². The third-order valence-corrected chi connectivity index (χ3v) is 0.907. The smallest absolute Gasteiger partial charge is 0.321 e. The molecule has 4 N–H and O–H groups in total. The van der Waals surface area contributed by atoms with Crippen LogP contribution in [0.4, 0.5) is 0 Å². The van der Waals surface area contributed by atoms with Gasteiger partial charge >= 0.3 is 5.97 Å². The maximum atomic E-state index is 9.76. The Morgan fingerprint density at radius 1 is 1.73 bits per heavy atom. The van der Waals surface area contributed by atoms with Crippen LogP contribution >= 0.6 is 12.6 Å². The predicted molar refractivity (Wildman–Crippen MR) is 50.6 cm³/mol. The molecule has 0 fully saturated rings. The number of carboxylic acids is 1. The molecular weight excluding hydrogens is 182 g/mol. The van der Waals surface area contributed by atoms with Crippen LogP contribution in [0.1, 0.15) is 0 Å². The number of rotatable bonds is 2. The van der Waals surface area contributed by atoms with Gasteiger partial charge in [0.15, 0.2) is 9.04 Å². The molecule has 68 valence electrons. The normalized spacial score (nSPS) is 11.8. The first kappa shape index (κ1) is 13.5. The van der Waals surface area contributed by atoms with Crippen LogP contribution in [-0.4, -0.2) is 36.7 Å². The molecule has 0 amide bonds. The van der Waals surface area contributed by atoms with Crippen molar-refractivity contribution in [3.63, 3.8) is 0 Å². The van der Waals surface area contributed by atoms with Crippen molar-refractivity contribution >= 4 is 27.6 Å². The molecule has 0 aromatic carbocycles. The first-order valence-electron chi connectivity index (χ1n) is 3.19. The van der Waals surface area contributed by atoms with Crippen molar-refractivity contribution in [2.45, 2.75) is 19.1 Å². The van der Waals surface area contributed by atoms with Crippen LogP contribution in [0.15, 0.2) is 0 Å². The van der Waals surface area contributed by atoms with Gasteiger partial charge < -0.3 is 15.6 Å². The summed E-state index contributed by atoms with van der Waals surface area (Å²) in [6.45, 7) is 3.72. The molecule has 0 heterocycles. The summed E-state index contributed by atoms with van der Waals surface area (Å²) in [7, 11) is -1.14. The first-order chi connectivity index (χ1) is 4.91. The third kappa shape index (κ3) is 17.8. The van der Waals surface area contributed by atoms with Gasteiger partial charge in [-0.1, -0.05) is 0 Å². The molecule has 0 spiro atoms. The largest absolute Gasteiger partial charge is 0.480 e. The lowest BCUT2D eigenvalue weighted by Gasteiger charge is -1.96. The lowest BCUT2D eigenvalue weighted by molar-refractivity contribution is -0.137. The summed E-state index contributed by atoms with van der Waals surface area (Å²) in [6, 6.07) is -0.816. The van der Waals surface area contributed by atoms with Gasteiger partial charge in [0.25, 0.3) is 0 Å². The highest BCUT2D eigenvalue weighted by Gasteiger charge is 2.06. The maximum absolute atomic E-state index is 9.76. The van der Waals surface area contributed by atoms with E-state index in [2.05, 4.69) is 12.6 Å². The van der Waals surface area contributed by atoms with Gasteiger partial charge in [-0.2, -0.15) is 12.6 Å². The van der Waals surface area contributed by atoms with Gasteiger partial charge in [0, 0.05) is 5.75 Å². The molecule has 0 bridgehead atoms. The standard InChI is InChI=1S/C3H7NO2S.C2H8OSi/c4-2(1-7)3(5)6;1-4(2)3/h2,7H,1,4H2,(H,5,6);3-4H,1-2H3. The molecule has 11 heavy (non-hydrogen) atoms. The minimum absolute atomic E-state index is 0.190. The fraction of sp³-hybridized carbons (Fsp3) is 0.800. The van der Waals surface area contributed by atoms with Crippen molar-refractivity contribution in [3.05, 3.63) is 0 Å². The zero-order valence-corrected chi connectivity index (χ0v) is 8.74. The first-order valence-corrected chi connectivity index (χ1v) is 6.65. The number of carboxylic acid groups (broad SMARTS) is 1. The van der Waals surface area contributed by atoms with E-state index in [-0.39, 0.29) is 5.75 Å². The van der Waals surface area contributed by atoms with Gasteiger partial charge in [-0.15, -0.1) is 0 Å². The molecule has 1 unspecified atom stereocenters. The summed E-state index contributed by atoms with van der Waals surface area (Å²) in [5.74, 6) is -0.815. The molecule has 4 nitrogen and oxygen atoms in total. The van der Waals surface area contributed by atoms with E-state index in [9.17, 15) is 4.79 Å². The molecule has 1 atom stereocenters. The average Bonchev–Trinajstić information content (AvgIpc) is 1.85. The van der Waals surface area contributed by atoms with Crippen molar-refractivity contribution in [1.29, 1.82) is 0 Å². The number of hydrogen-bond donors (Lipinski definition) is 4. The summed E-state index contributed by atoms with van der Waals surface area (Å²) >= 11 is 3.65. The van der Waals surface area contributed by atoms with E-state index in [4.69, 9.17) is 15.6 Å². The zero-order valence-electron chi connectivity index (χ0n) is 6.69. The Labute approximate surface area is 73.6 Å². The number of thiol groups is 1. The van der Waals surface area contributed by atoms with Crippen LogP contribution in [-0.2, 0) is 4.79 Å². The molecular formula is C5H15NO3SSi. The second-order valence-electron chi connectivity index (χ2n) is 2.22. The van der Waals surface area contributed by atoms with Crippen molar-refractivity contribution in [2.24, 2.45) is 5.73 Å². The van der Waals surface area contributed by atoms with Crippen LogP contribution in [0.3, 0.4) is 0 Å². The van der Waals surface area contributed by atoms with Crippen LogP contribution in [0, 0.1) is 0 Å². The Bertz CT molecular complexity index is 109. The van der Waals surface area contributed by atoms with Crippen LogP contribution < -0.4 is 5.73 Å². The second-order valence-corrected chi connectivity index (χ2v) is 4.77. The highest BCUT2D eigenvalue weighted by atomic mass is 32.1. The Balaban J connectivity index is 0. The molecule has 0 saturated carbocycles. The van der Waals surface area contributed by atoms with E-state index in [1.54, 1.807) is 0 Å². The topological polar surface area (TPSA) is 83.5 Å². The van der Waals surface area contributed by atoms with E-state index in [0.29, 0.717) is 0 Å². The zero-order chi connectivity index (χ0) is 9.44. The quantitative estimate of drug-likeness (QED) is 0.348. The Hall–Kier alpha value is -0.0431. The molecule has 0 radical (unpaired) electrons. The molecule has 0 saturated heterocycles. The third-order valence-electron chi connectivity index (χ3n) is 0.514. The molecule has 0 aromatic rings. The second kappa shape index (κ2) is 8.06. The van der Waals surface area contributed by atoms with Crippen molar-refractivity contribution in [3.8, 4) is 0 Å². The van der Waals surface area contributed by atoms with Gasteiger partial charge in [-0.25, -0.2) is 0 Å². The molecule has 6 heteroatoms. The number of carbonyl (C=O) groups is 1. The summed E-state index contributed by atoms with van der Waals surface area (Å²) in [5.41, 5.74) is 4.94. The Morgan fingerprint density at radius 2 is 2.00 bits per heavy atom. The van der Waals surface area contributed by atoms with Crippen LogP contribution in [0.25, 0.3) is 0 Å². The van der Waals surface area contributed by atoms with Crippen LogP contribution in [0.5, 0.6) is 0 Å². The molecule has 0 rings (SSSR count). The van der Waals surface area contributed by atoms with Crippen molar-refractivity contribution < 1.29 is 14.7 Å². The summed E-state index contributed by atoms with van der Waals surface area (Å²) < 4.78 is 0. The SMILES string of the molecule is C[SiH](C)O.NC(CS)C(=O)O. The fourth-order valence-electron chi connectivity index (χ4n) is 0.0781. The number of hydrogen-bond acceptors (Lipinski definition) is 4. The Morgan fingerprint density at radius 3 is 2.00 bits per heavy atom. The highest BCUT2D eigenvalue weighted by Crippen LogP contribution is 1.80. The average molecular weight is 197 g/mol. The van der Waals surface area contributed by atoms with Gasteiger partial charge in [-0.05, 0) is 13.1 Å². The molecule has 0 aromatic heterocycles. The minimum Gasteiger partial charge on any atom is -0.480 e. The van der Waals surface area contributed by atoms with Gasteiger partial charge in [0.2, 0.25) is 0 Å². The predicted octanol–water partition coefficient (Wildman–Crippen LogP) is -0.710. The lowest BCUT2D eigenvalue weighted by Crippen LogP contribution is -2.31. The summed E-state index contributed by atoms with van der Waals surface area (Å²) in [5, 5.41) is 8.01. The number of nitrogens with two attached hydrogens (primary N) is 1. The van der Waals surface area contributed by atoms with E-state index >= 15 is 0 Å². The van der Waals surface area contributed by atoms with Crippen molar-refractivity contribution in [1.82, 2.24) is 0 Å². The summed E-state index contributed by atoms with van der Waals surface area (Å²) in [6.07, 6.45) is 0. The van der Waals surface area contributed by atoms with E-state index in [1.807, 2.05) is 13.1 Å². The fourth-order valence-corrected chi connectivity index (χ4v) is 0.234. The van der Waals surface area contributed by atoms with Gasteiger partial charge in [0.1, 0.15) is 6.04 Å². The van der Waals surface area contributed by atoms with Crippen molar-refractivity contribution in [2.75, 3.05) is 5.75 Å². The van der Waals surface area contributed by atoms with Gasteiger partial charge in [0.05, 0.1) is 0 Å². The monoisotopic (exact) mass is 197 g/mol. The van der Waals surface area contributed by atoms with E-state index in [0.717, 1.165) is 0 Å².